The number of halogens is 1. The quantitative estimate of drug-likeness (QED) is 0.625. The second kappa shape index (κ2) is 7.22. The van der Waals surface area contributed by atoms with Gasteiger partial charge in [-0.15, -0.1) is 0 Å². The number of aryl methyl sites for hydroxylation is 1. The zero-order chi connectivity index (χ0) is 11.3. The molecule has 1 heterocycles. The first kappa shape index (κ1) is 14.9. The van der Waals surface area contributed by atoms with Crippen LogP contribution in [0.3, 0.4) is 0 Å². The third kappa shape index (κ3) is 4.18. The van der Waals surface area contributed by atoms with E-state index in [-0.39, 0.29) is 23.1 Å². The third-order valence-electron chi connectivity index (χ3n) is 2.14. The van der Waals surface area contributed by atoms with Crippen LogP contribution in [0, 0.1) is 0 Å². The van der Waals surface area contributed by atoms with Crippen molar-refractivity contribution in [2.75, 3.05) is 13.1 Å². The van der Waals surface area contributed by atoms with Gasteiger partial charge in [-0.1, -0.05) is 0 Å². The summed E-state index contributed by atoms with van der Waals surface area (Å²) >= 11 is 0. The van der Waals surface area contributed by atoms with E-state index < -0.39 is 0 Å². The fourth-order valence-electron chi connectivity index (χ4n) is 1.27. The summed E-state index contributed by atoms with van der Waals surface area (Å²) in [5.41, 5.74) is 0. The summed E-state index contributed by atoms with van der Waals surface area (Å²) in [6.45, 7) is 5.17. The number of amides is 1. The molecule has 90 valence electrons. The maximum atomic E-state index is 11.6. The van der Waals surface area contributed by atoms with Crippen LogP contribution in [0.1, 0.15) is 13.8 Å². The van der Waals surface area contributed by atoms with Gasteiger partial charge in [0.15, 0.2) is 11.9 Å². The van der Waals surface area contributed by atoms with Gasteiger partial charge in [0.1, 0.15) is 7.05 Å². The monoisotopic (exact) mass is 288 g/mol. The molecule has 0 saturated heterocycles. The average Bonchev–Trinajstić information content (AvgIpc) is 2.19. The van der Waals surface area contributed by atoms with Gasteiger partial charge in [-0.3, -0.25) is 0 Å². The second-order valence-electron chi connectivity index (χ2n) is 3.25. The van der Waals surface area contributed by atoms with E-state index >= 15 is 0 Å². The van der Waals surface area contributed by atoms with Crippen molar-refractivity contribution in [3.63, 3.8) is 0 Å². The van der Waals surface area contributed by atoms with E-state index in [1.165, 1.54) is 0 Å². The van der Waals surface area contributed by atoms with Crippen LogP contribution in [0.15, 0.2) is 24.5 Å². The number of carbonyl (C=O) groups is 1. The van der Waals surface area contributed by atoms with Gasteiger partial charge in [-0.2, -0.15) is 0 Å². The Morgan fingerprint density at radius 3 is 2.56 bits per heavy atom. The lowest BCUT2D eigenvalue weighted by Crippen LogP contribution is -3.00. The van der Waals surface area contributed by atoms with Gasteiger partial charge in [0.25, 0.3) is 0 Å². The van der Waals surface area contributed by atoms with Crippen LogP contribution in [0.5, 0.6) is 5.75 Å². The van der Waals surface area contributed by atoms with Crippen molar-refractivity contribution in [3.05, 3.63) is 24.5 Å². The number of hydrogen-bond donors (Lipinski definition) is 0. The van der Waals surface area contributed by atoms with Crippen LogP contribution in [0.4, 0.5) is 4.79 Å². The zero-order valence-corrected chi connectivity index (χ0v) is 11.4. The lowest BCUT2D eigenvalue weighted by atomic mass is 10.4. The summed E-state index contributed by atoms with van der Waals surface area (Å²) in [5.74, 6) is 0.567. The molecule has 1 aromatic rings. The molecule has 0 unspecified atom stereocenters. The maximum absolute atomic E-state index is 11.6. The summed E-state index contributed by atoms with van der Waals surface area (Å²) < 4.78 is 7.04. The molecule has 0 atom stereocenters. The largest absolute Gasteiger partial charge is 1.00 e. The SMILES string of the molecule is CCN(CC)C(=O)Oc1ccc[n+](C)c1.[Br-]. The lowest BCUT2D eigenvalue weighted by Gasteiger charge is -2.17. The molecule has 0 spiro atoms. The van der Waals surface area contributed by atoms with E-state index in [1.54, 1.807) is 17.2 Å². The Bertz CT molecular complexity index is 341. The zero-order valence-electron chi connectivity index (χ0n) is 9.81. The molecule has 0 N–H and O–H groups in total. The van der Waals surface area contributed by atoms with Crippen LogP contribution >= 0.6 is 0 Å². The normalized spacial score (nSPS) is 9.19. The van der Waals surface area contributed by atoms with Crippen LogP contribution in [-0.2, 0) is 7.05 Å². The van der Waals surface area contributed by atoms with Crippen LogP contribution in [-0.4, -0.2) is 24.1 Å². The number of nitrogens with zero attached hydrogens (tertiary/aromatic N) is 2. The number of hydrogen-bond acceptors (Lipinski definition) is 2. The fourth-order valence-corrected chi connectivity index (χ4v) is 1.27. The number of pyridine rings is 1. The minimum atomic E-state index is -0.300. The first-order valence-corrected chi connectivity index (χ1v) is 5.09. The molecule has 1 aromatic heterocycles. The Hall–Kier alpha value is -1.10. The molecule has 0 fully saturated rings. The molecule has 4 nitrogen and oxygen atoms in total. The Morgan fingerprint density at radius 2 is 2.06 bits per heavy atom. The molecule has 16 heavy (non-hydrogen) atoms. The molecule has 1 rings (SSSR count). The molecule has 0 aliphatic rings. The van der Waals surface area contributed by atoms with Gasteiger partial charge in [0.2, 0.25) is 6.20 Å². The van der Waals surface area contributed by atoms with E-state index in [4.69, 9.17) is 4.74 Å². The van der Waals surface area contributed by atoms with Crippen molar-refractivity contribution in [1.82, 2.24) is 4.90 Å². The third-order valence-corrected chi connectivity index (χ3v) is 2.14. The van der Waals surface area contributed by atoms with Crippen molar-refractivity contribution in [1.29, 1.82) is 0 Å². The van der Waals surface area contributed by atoms with E-state index in [1.807, 2.05) is 37.7 Å². The van der Waals surface area contributed by atoms with Gasteiger partial charge in [0, 0.05) is 19.2 Å². The number of carbonyl (C=O) groups excluding carboxylic acids is 1. The lowest BCUT2D eigenvalue weighted by molar-refractivity contribution is -0.671. The Kier molecular flexibility index (Phi) is 6.72. The van der Waals surface area contributed by atoms with E-state index in [0.29, 0.717) is 18.8 Å². The molecule has 1 amide bonds. The summed E-state index contributed by atoms with van der Waals surface area (Å²) in [7, 11) is 1.88. The second-order valence-corrected chi connectivity index (χ2v) is 3.25. The Balaban J connectivity index is 0.00000225. The number of aromatic nitrogens is 1. The molecular weight excluding hydrogens is 272 g/mol. The first-order valence-electron chi connectivity index (χ1n) is 5.09. The van der Waals surface area contributed by atoms with Crippen molar-refractivity contribution < 1.29 is 31.1 Å². The molecule has 0 aliphatic carbocycles. The molecule has 0 aliphatic heterocycles. The van der Waals surface area contributed by atoms with Crippen LogP contribution < -0.4 is 26.3 Å². The van der Waals surface area contributed by atoms with Crippen molar-refractivity contribution in [3.8, 4) is 5.75 Å². The van der Waals surface area contributed by atoms with E-state index in [0.717, 1.165) is 0 Å². The fraction of sp³-hybridized carbons (Fsp3) is 0.455. The van der Waals surface area contributed by atoms with Crippen molar-refractivity contribution in [2.24, 2.45) is 7.05 Å². The summed E-state index contributed by atoms with van der Waals surface area (Å²) in [5, 5.41) is 0. The Labute approximate surface area is 107 Å². The molecule has 0 saturated carbocycles. The highest BCUT2D eigenvalue weighted by Crippen LogP contribution is 2.07. The van der Waals surface area contributed by atoms with Crippen molar-refractivity contribution in [2.45, 2.75) is 13.8 Å². The smallest absolute Gasteiger partial charge is 0.415 e. The summed E-state index contributed by atoms with van der Waals surface area (Å²) in [6, 6.07) is 3.60. The standard InChI is InChI=1S/C11H17N2O2.BrH/c1-4-13(5-2)11(14)15-10-7-6-8-12(3)9-10;/h6-9H,4-5H2,1-3H3;1H/q+1;/p-1. The predicted molar refractivity (Wildman–Crippen MR) is 56.6 cm³/mol. The highest BCUT2D eigenvalue weighted by Gasteiger charge is 2.12. The van der Waals surface area contributed by atoms with E-state index in [2.05, 4.69) is 0 Å². The van der Waals surface area contributed by atoms with Crippen LogP contribution in [0.2, 0.25) is 0 Å². The highest BCUT2D eigenvalue weighted by molar-refractivity contribution is 5.70. The topological polar surface area (TPSA) is 33.4 Å². The minimum Gasteiger partial charge on any atom is -1.00 e. The van der Waals surface area contributed by atoms with Gasteiger partial charge in [-0.25, -0.2) is 9.36 Å². The highest BCUT2D eigenvalue weighted by atomic mass is 79.9. The molecule has 0 radical (unpaired) electrons. The van der Waals surface area contributed by atoms with E-state index in [9.17, 15) is 4.79 Å². The minimum absolute atomic E-state index is 0. The van der Waals surface area contributed by atoms with Gasteiger partial charge in [0.05, 0.1) is 0 Å². The molecule has 5 heteroatoms. The summed E-state index contributed by atoms with van der Waals surface area (Å²) in [4.78, 5) is 13.2. The number of rotatable bonds is 3. The summed E-state index contributed by atoms with van der Waals surface area (Å²) in [6.07, 6.45) is 3.35. The Morgan fingerprint density at radius 1 is 1.44 bits per heavy atom. The number of ether oxygens (including phenoxy) is 1. The average molecular weight is 289 g/mol. The maximum Gasteiger partial charge on any atom is 0.415 e. The van der Waals surface area contributed by atoms with Crippen LogP contribution in [0.25, 0.3) is 0 Å². The first-order chi connectivity index (χ1) is 7.17. The van der Waals surface area contributed by atoms with Gasteiger partial charge in [-0.05, 0) is 19.9 Å². The molecule has 0 aromatic carbocycles. The molecule has 0 bridgehead atoms. The van der Waals surface area contributed by atoms with Gasteiger partial charge < -0.3 is 26.6 Å². The van der Waals surface area contributed by atoms with Gasteiger partial charge >= 0.3 is 6.09 Å². The molecular formula is C11H17BrN2O2. The van der Waals surface area contributed by atoms with Crippen molar-refractivity contribution >= 4 is 6.09 Å². The predicted octanol–water partition coefficient (Wildman–Crippen LogP) is -1.64.